The zero-order valence-electron chi connectivity index (χ0n) is 9.82. The van der Waals surface area contributed by atoms with Gasteiger partial charge in [0, 0.05) is 6.54 Å². The van der Waals surface area contributed by atoms with Crippen LogP contribution in [0.5, 0.6) is 0 Å². The maximum absolute atomic E-state index is 13.4. The highest BCUT2D eigenvalue weighted by Gasteiger charge is 2.42. The number of alkyl halides is 1. The molecule has 1 fully saturated rings. The Morgan fingerprint density at radius 3 is 2.50 bits per heavy atom. The predicted molar refractivity (Wildman–Crippen MR) is 64.3 cm³/mol. The Balaban J connectivity index is 1.79. The van der Waals surface area contributed by atoms with Crippen molar-refractivity contribution in [2.24, 2.45) is 0 Å². The first-order chi connectivity index (χ1) is 7.73. The van der Waals surface area contributed by atoms with Crippen molar-refractivity contribution in [3.8, 4) is 0 Å². The van der Waals surface area contributed by atoms with Gasteiger partial charge in [0.2, 0.25) is 0 Å². The third-order valence-corrected chi connectivity index (χ3v) is 3.63. The topological polar surface area (TPSA) is 14.1 Å². The summed E-state index contributed by atoms with van der Waals surface area (Å²) in [5.74, 6) is 0. The van der Waals surface area contributed by atoms with Crippen molar-refractivity contribution in [2.45, 2.75) is 44.3 Å². The summed E-state index contributed by atoms with van der Waals surface area (Å²) in [5, 5.41) is 4.58. The van der Waals surface area contributed by atoms with Gasteiger partial charge < -0.3 is 0 Å². The molecule has 0 aromatic heterocycles. The van der Waals surface area contributed by atoms with E-state index in [2.05, 4.69) is 17.4 Å². The van der Waals surface area contributed by atoms with Crippen molar-refractivity contribution in [3.05, 3.63) is 35.9 Å². The van der Waals surface area contributed by atoms with Gasteiger partial charge in [-0.15, -0.1) is 0 Å². The van der Waals surface area contributed by atoms with E-state index in [1.165, 1.54) is 5.56 Å². The Kier molecular flexibility index (Phi) is 3.59. The maximum atomic E-state index is 13.4. The number of rotatable bonds is 5. The summed E-state index contributed by atoms with van der Waals surface area (Å²) < 4.78 is 13.4. The van der Waals surface area contributed by atoms with Crippen LogP contribution in [-0.4, -0.2) is 18.3 Å². The van der Waals surface area contributed by atoms with Gasteiger partial charge in [-0.1, -0.05) is 30.3 Å². The molecule has 87 valence electrons. The minimum absolute atomic E-state index is 0.339. The van der Waals surface area contributed by atoms with Gasteiger partial charge in [0.15, 0.2) is 0 Å². The lowest BCUT2D eigenvalue weighted by Gasteiger charge is -2.42. The largest absolute Gasteiger partial charge is 0.246 e. The fraction of sp³-hybridized carbons (Fsp3) is 0.571. The van der Waals surface area contributed by atoms with Crippen molar-refractivity contribution in [1.82, 2.24) is 5.32 Å². The van der Waals surface area contributed by atoms with Crippen LogP contribution in [0.2, 0.25) is 0 Å². The zero-order valence-corrected chi connectivity index (χ0v) is 9.82. The molecule has 1 aliphatic carbocycles. The number of halogens is 1. The summed E-state index contributed by atoms with van der Waals surface area (Å²) in [6.45, 7) is 2.39. The highest BCUT2D eigenvalue weighted by atomic mass is 19.1. The molecule has 0 bridgehead atoms. The first-order valence-corrected chi connectivity index (χ1v) is 6.10. The SMILES string of the molecule is C[C@H](F)C1([N]CCc2ccccc2)CCC1. The molecular formula is C14H19FN. The molecule has 0 spiro atoms. The predicted octanol–water partition coefficient (Wildman–Crippen LogP) is 3.11. The monoisotopic (exact) mass is 220 g/mol. The molecule has 16 heavy (non-hydrogen) atoms. The Bertz CT molecular complexity index is 317. The molecule has 0 saturated heterocycles. The van der Waals surface area contributed by atoms with Gasteiger partial charge in [0.05, 0.1) is 5.54 Å². The minimum atomic E-state index is -0.794. The molecule has 1 aromatic rings. The molecule has 0 N–H and O–H groups in total. The minimum Gasteiger partial charge on any atom is -0.246 e. The summed E-state index contributed by atoms with van der Waals surface area (Å²) in [6.07, 6.45) is 3.12. The van der Waals surface area contributed by atoms with Crippen LogP contribution in [0.15, 0.2) is 30.3 Å². The van der Waals surface area contributed by atoms with Gasteiger partial charge in [-0.3, -0.25) is 0 Å². The van der Waals surface area contributed by atoms with Crippen LogP contribution >= 0.6 is 0 Å². The van der Waals surface area contributed by atoms with E-state index in [4.69, 9.17) is 0 Å². The van der Waals surface area contributed by atoms with Gasteiger partial charge in [0.25, 0.3) is 0 Å². The number of hydrogen-bond acceptors (Lipinski definition) is 0. The van der Waals surface area contributed by atoms with Crippen LogP contribution in [-0.2, 0) is 6.42 Å². The molecule has 0 aliphatic heterocycles. The second-order valence-electron chi connectivity index (χ2n) is 4.69. The molecule has 1 aliphatic rings. The molecule has 1 atom stereocenters. The summed E-state index contributed by atoms with van der Waals surface area (Å²) in [6, 6.07) is 10.3. The van der Waals surface area contributed by atoms with Crippen LogP contribution in [0.1, 0.15) is 31.7 Å². The van der Waals surface area contributed by atoms with Gasteiger partial charge in [0.1, 0.15) is 6.17 Å². The molecule has 0 heterocycles. The molecular weight excluding hydrogens is 201 g/mol. The smallest absolute Gasteiger partial charge is 0.117 e. The van der Waals surface area contributed by atoms with Crippen LogP contribution in [0.4, 0.5) is 4.39 Å². The van der Waals surface area contributed by atoms with Crippen LogP contribution in [0.25, 0.3) is 0 Å². The third kappa shape index (κ3) is 2.43. The van der Waals surface area contributed by atoms with Crippen molar-refractivity contribution in [1.29, 1.82) is 0 Å². The highest BCUT2D eigenvalue weighted by molar-refractivity contribution is 5.15. The van der Waals surface area contributed by atoms with Crippen molar-refractivity contribution in [2.75, 3.05) is 6.54 Å². The fourth-order valence-corrected chi connectivity index (χ4v) is 2.27. The Hall–Kier alpha value is -0.890. The van der Waals surface area contributed by atoms with Crippen molar-refractivity contribution < 1.29 is 4.39 Å². The second-order valence-corrected chi connectivity index (χ2v) is 4.69. The maximum Gasteiger partial charge on any atom is 0.117 e. The first kappa shape index (κ1) is 11.6. The van der Waals surface area contributed by atoms with E-state index in [0.29, 0.717) is 0 Å². The Morgan fingerprint density at radius 1 is 1.31 bits per heavy atom. The van der Waals surface area contributed by atoms with E-state index in [0.717, 1.165) is 32.2 Å². The van der Waals surface area contributed by atoms with Gasteiger partial charge in [-0.2, -0.15) is 0 Å². The van der Waals surface area contributed by atoms with E-state index < -0.39 is 6.17 Å². The van der Waals surface area contributed by atoms with Crippen molar-refractivity contribution >= 4 is 0 Å². The molecule has 2 heteroatoms. The zero-order chi connectivity index (χ0) is 11.4. The lowest BCUT2D eigenvalue weighted by Crippen LogP contribution is -2.53. The first-order valence-electron chi connectivity index (χ1n) is 6.10. The summed E-state index contributed by atoms with van der Waals surface area (Å²) >= 11 is 0. The van der Waals surface area contributed by atoms with E-state index >= 15 is 0 Å². The lowest BCUT2D eigenvalue weighted by atomic mass is 9.73. The summed E-state index contributed by atoms with van der Waals surface area (Å²) in [4.78, 5) is 0. The fourth-order valence-electron chi connectivity index (χ4n) is 2.27. The molecule has 2 rings (SSSR count). The normalized spacial score (nSPS) is 20.1. The molecule has 1 aromatic carbocycles. The number of hydrogen-bond donors (Lipinski definition) is 0. The van der Waals surface area contributed by atoms with E-state index in [1.807, 2.05) is 18.2 Å². The quantitative estimate of drug-likeness (QED) is 0.724. The average molecular weight is 220 g/mol. The van der Waals surface area contributed by atoms with E-state index in [-0.39, 0.29) is 5.54 Å². The van der Waals surface area contributed by atoms with E-state index in [9.17, 15) is 4.39 Å². The van der Waals surface area contributed by atoms with Gasteiger partial charge >= 0.3 is 0 Å². The van der Waals surface area contributed by atoms with E-state index in [1.54, 1.807) is 6.92 Å². The van der Waals surface area contributed by atoms with Crippen LogP contribution in [0.3, 0.4) is 0 Å². The Labute approximate surface area is 97.1 Å². The van der Waals surface area contributed by atoms with Crippen LogP contribution in [0, 0.1) is 0 Å². The summed E-state index contributed by atoms with van der Waals surface area (Å²) in [7, 11) is 0. The number of benzene rings is 1. The molecule has 0 unspecified atom stereocenters. The van der Waals surface area contributed by atoms with Gasteiger partial charge in [-0.05, 0) is 38.2 Å². The molecule has 1 saturated carbocycles. The highest BCUT2D eigenvalue weighted by Crippen LogP contribution is 2.37. The number of nitrogens with zero attached hydrogens (tertiary/aromatic N) is 1. The van der Waals surface area contributed by atoms with Crippen molar-refractivity contribution in [3.63, 3.8) is 0 Å². The molecule has 1 radical (unpaired) electrons. The Morgan fingerprint density at radius 2 is 2.00 bits per heavy atom. The second kappa shape index (κ2) is 4.96. The van der Waals surface area contributed by atoms with Crippen LogP contribution < -0.4 is 5.32 Å². The average Bonchev–Trinajstić information content (AvgIpc) is 2.23. The molecule has 1 nitrogen and oxygen atoms in total. The lowest BCUT2D eigenvalue weighted by molar-refractivity contribution is 0.0769. The molecule has 0 amide bonds. The standard InChI is InChI=1S/C14H19FN/c1-12(15)14(9-5-10-14)16-11-8-13-6-3-2-4-7-13/h2-4,6-7,12H,5,8-11H2,1H3/t12-/m0/s1. The van der Waals surface area contributed by atoms with Gasteiger partial charge in [-0.25, -0.2) is 9.71 Å². The summed E-state index contributed by atoms with van der Waals surface area (Å²) in [5.41, 5.74) is 0.946. The third-order valence-electron chi connectivity index (χ3n) is 3.63.